The molecule has 1 aromatic carbocycles. The van der Waals surface area contributed by atoms with E-state index in [-0.39, 0.29) is 0 Å². The fourth-order valence-electron chi connectivity index (χ4n) is 1.92. The van der Waals surface area contributed by atoms with Crippen LogP contribution in [0.4, 0.5) is 0 Å². The van der Waals surface area contributed by atoms with E-state index in [0.717, 1.165) is 24.8 Å². The Morgan fingerprint density at radius 3 is 2.78 bits per heavy atom. The van der Waals surface area contributed by atoms with Gasteiger partial charge in [-0.1, -0.05) is 12.1 Å². The van der Waals surface area contributed by atoms with Gasteiger partial charge < -0.3 is 9.88 Å². The van der Waals surface area contributed by atoms with E-state index in [4.69, 9.17) is 0 Å². The Morgan fingerprint density at radius 1 is 1.28 bits per heavy atom. The lowest BCUT2D eigenvalue weighted by Gasteiger charge is -2.02. The molecule has 1 aliphatic carbocycles. The van der Waals surface area contributed by atoms with Gasteiger partial charge in [0.1, 0.15) is 0 Å². The molecule has 0 amide bonds. The summed E-state index contributed by atoms with van der Waals surface area (Å²) < 4.78 is 3.42. The minimum absolute atomic E-state index is 0.742. The van der Waals surface area contributed by atoms with Gasteiger partial charge >= 0.3 is 0 Å². The van der Waals surface area contributed by atoms with Crippen LogP contribution in [0.1, 0.15) is 24.1 Å². The Kier molecular flexibility index (Phi) is 3.65. The van der Waals surface area contributed by atoms with Crippen molar-refractivity contribution in [1.29, 1.82) is 0 Å². The van der Waals surface area contributed by atoms with E-state index in [0.29, 0.717) is 0 Å². The molecule has 4 heteroatoms. The van der Waals surface area contributed by atoms with Crippen LogP contribution in [0.5, 0.6) is 0 Å². The second-order valence-corrected chi connectivity index (χ2v) is 6.06. The van der Waals surface area contributed by atoms with E-state index in [1.54, 1.807) is 0 Å². The highest BCUT2D eigenvalue weighted by atomic mass is 127. The Bertz CT molecular complexity index is 514. The van der Waals surface area contributed by atoms with Crippen LogP contribution >= 0.6 is 22.6 Å². The topological polar surface area (TPSA) is 29.9 Å². The SMILES string of the molecule is Ic1ccc(Cn2cnc(CNC3CC3)c2)cc1. The van der Waals surface area contributed by atoms with E-state index in [2.05, 4.69) is 67.9 Å². The smallest absolute Gasteiger partial charge is 0.0953 e. The molecule has 0 radical (unpaired) electrons. The van der Waals surface area contributed by atoms with Crippen LogP contribution in [-0.2, 0) is 13.1 Å². The highest BCUT2D eigenvalue weighted by molar-refractivity contribution is 14.1. The largest absolute Gasteiger partial charge is 0.333 e. The van der Waals surface area contributed by atoms with Gasteiger partial charge in [0.2, 0.25) is 0 Å². The molecule has 0 unspecified atom stereocenters. The first-order valence-corrected chi connectivity index (χ1v) is 7.36. The van der Waals surface area contributed by atoms with Gasteiger partial charge in [0.05, 0.1) is 12.0 Å². The number of halogens is 1. The molecule has 0 atom stereocenters. The molecule has 1 aliphatic rings. The highest BCUT2D eigenvalue weighted by Crippen LogP contribution is 2.19. The van der Waals surface area contributed by atoms with Gasteiger partial charge in [-0.2, -0.15) is 0 Å². The van der Waals surface area contributed by atoms with Gasteiger partial charge in [-0.15, -0.1) is 0 Å². The summed E-state index contributed by atoms with van der Waals surface area (Å²) in [7, 11) is 0. The molecule has 94 valence electrons. The summed E-state index contributed by atoms with van der Waals surface area (Å²) in [6.07, 6.45) is 6.70. The monoisotopic (exact) mass is 353 g/mol. The first-order chi connectivity index (χ1) is 8.79. The van der Waals surface area contributed by atoms with E-state index in [1.165, 1.54) is 22.0 Å². The number of hydrogen-bond donors (Lipinski definition) is 1. The van der Waals surface area contributed by atoms with Crippen molar-refractivity contribution in [3.05, 3.63) is 51.6 Å². The third-order valence-corrected chi connectivity index (χ3v) is 3.83. The van der Waals surface area contributed by atoms with Crippen LogP contribution < -0.4 is 5.32 Å². The molecule has 1 N–H and O–H groups in total. The predicted molar refractivity (Wildman–Crippen MR) is 80.3 cm³/mol. The van der Waals surface area contributed by atoms with Gasteiger partial charge in [0, 0.05) is 28.9 Å². The van der Waals surface area contributed by atoms with Crippen LogP contribution in [-0.4, -0.2) is 15.6 Å². The van der Waals surface area contributed by atoms with Gasteiger partial charge in [-0.05, 0) is 53.1 Å². The zero-order valence-electron chi connectivity index (χ0n) is 10.1. The van der Waals surface area contributed by atoms with Crippen molar-refractivity contribution in [3.8, 4) is 0 Å². The number of nitrogens with zero attached hydrogens (tertiary/aromatic N) is 2. The van der Waals surface area contributed by atoms with Crippen molar-refractivity contribution < 1.29 is 0 Å². The molecule has 2 aromatic rings. The lowest BCUT2D eigenvalue weighted by atomic mass is 10.2. The summed E-state index contributed by atoms with van der Waals surface area (Å²) in [6.45, 7) is 1.79. The fraction of sp³-hybridized carbons (Fsp3) is 0.357. The Labute approximate surface area is 121 Å². The number of benzene rings is 1. The molecule has 18 heavy (non-hydrogen) atoms. The first-order valence-electron chi connectivity index (χ1n) is 6.28. The van der Waals surface area contributed by atoms with E-state index in [9.17, 15) is 0 Å². The lowest BCUT2D eigenvalue weighted by Crippen LogP contribution is -2.15. The molecule has 1 aromatic heterocycles. The second kappa shape index (κ2) is 5.40. The zero-order chi connectivity index (χ0) is 12.4. The van der Waals surface area contributed by atoms with Crippen LogP contribution in [0, 0.1) is 3.57 Å². The average Bonchev–Trinajstić information content (AvgIpc) is 3.10. The lowest BCUT2D eigenvalue weighted by molar-refractivity contribution is 0.676. The predicted octanol–water partition coefficient (Wildman–Crippen LogP) is 2.79. The minimum atomic E-state index is 0.742. The standard InChI is InChI=1S/C14H16IN3/c15-12-3-1-11(2-4-12)8-18-9-14(17-10-18)7-16-13-5-6-13/h1-4,9-10,13,16H,5-8H2. The molecule has 1 saturated carbocycles. The number of nitrogens with one attached hydrogen (secondary N) is 1. The summed E-state index contributed by atoms with van der Waals surface area (Å²) in [6, 6.07) is 9.37. The number of hydrogen-bond acceptors (Lipinski definition) is 2. The van der Waals surface area contributed by atoms with Crippen LogP contribution in [0.25, 0.3) is 0 Å². The molecule has 3 rings (SSSR count). The molecule has 1 heterocycles. The van der Waals surface area contributed by atoms with Crippen molar-refractivity contribution in [3.63, 3.8) is 0 Å². The van der Waals surface area contributed by atoms with E-state index < -0.39 is 0 Å². The number of aromatic nitrogens is 2. The molecule has 0 saturated heterocycles. The average molecular weight is 353 g/mol. The summed E-state index contributed by atoms with van der Waals surface area (Å²) in [5.41, 5.74) is 2.45. The van der Waals surface area contributed by atoms with E-state index in [1.807, 2.05) is 6.33 Å². The molecule has 0 aliphatic heterocycles. The van der Waals surface area contributed by atoms with Crippen LogP contribution in [0.2, 0.25) is 0 Å². The van der Waals surface area contributed by atoms with Crippen molar-refractivity contribution in [2.24, 2.45) is 0 Å². The molecular weight excluding hydrogens is 337 g/mol. The summed E-state index contributed by atoms with van der Waals surface area (Å²) >= 11 is 2.33. The molecule has 0 bridgehead atoms. The highest BCUT2D eigenvalue weighted by Gasteiger charge is 2.20. The van der Waals surface area contributed by atoms with Gasteiger partial charge in [-0.25, -0.2) is 4.98 Å². The minimum Gasteiger partial charge on any atom is -0.333 e. The van der Waals surface area contributed by atoms with Crippen molar-refractivity contribution in [2.75, 3.05) is 0 Å². The molecule has 3 nitrogen and oxygen atoms in total. The molecule has 0 spiro atoms. The second-order valence-electron chi connectivity index (χ2n) is 4.82. The maximum absolute atomic E-state index is 4.43. The number of imidazole rings is 1. The molecule has 1 fully saturated rings. The number of rotatable bonds is 5. The quantitative estimate of drug-likeness (QED) is 0.838. The van der Waals surface area contributed by atoms with Gasteiger partial charge in [-0.3, -0.25) is 0 Å². The third-order valence-electron chi connectivity index (χ3n) is 3.11. The van der Waals surface area contributed by atoms with Crippen molar-refractivity contribution in [1.82, 2.24) is 14.9 Å². The van der Waals surface area contributed by atoms with Crippen LogP contribution in [0.3, 0.4) is 0 Å². The van der Waals surface area contributed by atoms with Crippen LogP contribution in [0.15, 0.2) is 36.8 Å². The van der Waals surface area contributed by atoms with Gasteiger partial charge in [0.15, 0.2) is 0 Å². The Balaban J connectivity index is 1.60. The summed E-state index contributed by atoms with van der Waals surface area (Å²) in [4.78, 5) is 4.43. The zero-order valence-corrected chi connectivity index (χ0v) is 12.3. The Hall–Kier alpha value is -0.880. The summed E-state index contributed by atoms with van der Waals surface area (Å²) in [5, 5.41) is 3.48. The van der Waals surface area contributed by atoms with E-state index >= 15 is 0 Å². The van der Waals surface area contributed by atoms with Gasteiger partial charge in [0.25, 0.3) is 0 Å². The fourth-order valence-corrected chi connectivity index (χ4v) is 2.28. The van der Waals surface area contributed by atoms with Crippen molar-refractivity contribution in [2.45, 2.75) is 32.0 Å². The maximum atomic E-state index is 4.43. The Morgan fingerprint density at radius 2 is 2.06 bits per heavy atom. The molecular formula is C14H16IN3. The van der Waals surface area contributed by atoms with Crippen molar-refractivity contribution >= 4 is 22.6 Å². The maximum Gasteiger partial charge on any atom is 0.0953 e. The first kappa shape index (κ1) is 12.2. The summed E-state index contributed by atoms with van der Waals surface area (Å²) in [5.74, 6) is 0. The third kappa shape index (κ3) is 3.32. The normalized spacial score (nSPS) is 14.9.